The van der Waals surface area contributed by atoms with E-state index in [9.17, 15) is 13.2 Å². The van der Waals surface area contributed by atoms with Gasteiger partial charge >= 0.3 is 0 Å². The van der Waals surface area contributed by atoms with E-state index in [4.69, 9.17) is 21.4 Å². The van der Waals surface area contributed by atoms with Gasteiger partial charge in [0.05, 0.1) is 29.7 Å². The van der Waals surface area contributed by atoms with Crippen LogP contribution in [0.25, 0.3) is 0 Å². The van der Waals surface area contributed by atoms with Gasteiger partial charge in [0.15, 0.2) is 0 Å². The van der Waals surface area contributed by atoms with Gasteiger partial charge in [-0.25, -0.2) is 13.4 Å². The van der Waals surface area contributed by atoms with Crippen molar-refractivity contribution in [3.05, 3.63) is 77.4 Å². The molecular formula is C22H22ClN3O5S. The van der Waals surface area contributed by atoms with Gasteiger partial charge in [-0.05, 0) is 29.8 Å². The van der Waals surface area contributed by atoms with Gasteiger partial charge in [0.2, 0.25) is 11.8 Å². The van der Waals surface area contributed by atoms with Crippen LogP contribution in [-0.2, 0) is 21.2 Å². The van der Waals surface area contributed by atoms with Gasteiger partial charge in [-0.2, -0.15) is 0 Å². The number of fused-ring (bicyclic) bond motifs is 1. The van der Waals surface area contributed by atoms with Crippen molar-refractivity contribution in [1.29, 1.82) is 0 Å². The SMILES string of the molecule is CO.O=C(Cc1ccccc1)Nc1cnc2c(c1)N(S(=O)(=O)c1cccc(Cl)c1)CCO2. The van der Waals surface area contributed by atoms with Crippen LogP contribution in [-0.4, -0.2) is 44.7 Å². The number of benzene rings is 2. The Labute approximate surface area is 191 Å². The monoisotopic (exact) mass is 475 g/mol. The van der Waals surface area contributed by atoms with E-state index in [2.05, 4.69) is 10.3 Å². The predicted octanol–water partition coefficient (Wildman–Crippen LogP) is 3.11. The number of sulfonamides is 1. The van der Waals surface area contributed by atoms with E-state index in [0.29, 0.717) is 10.7 Å². The Hall–Kier alpha value is -3.14. The smallest absolute Gasteiger partial charge is 0.264 e. The number of amides is 1. The second-order valence-electron chi connectivity index (χ2n) is 6.64. The summed E-state index contributed by atoms with van der Waals surface area (Å²) in [4.78, 5) is 16.6. The summed E-state index contributed by atoms with van der Waals surface area (Å²) in [6, 6.07) is 16.9. The summed E-state index contributed by atoms with van der Waals surface area (Å²) in [5, 5.41) is 10.1. The minimum Gasteiger partial charge on any atom is -0.474 e. The maximum atomic E-state index is 13.2. The van der Waals surface area contributed by atoms with Crippen LogP contribution in [0.4, 0.5) is 11.4 Å². The van der Waals surface area contributed by atoms with Crippen molar-refractivity contribution in [3.63, 3.8) is 0 Å². The molecule has 2 heterocycles. The van der Waals surface area contributed by atoms with E-state index < -0.39 is 10.0 Å². The number of pyridine rings is 1. The zero-order valence-corrected chi connectivity index (χ0v) is 18.8. The fourth-order valence-electron chi connectivity index (χ4n) is 3.14. The fraction of sp³-hybridized carbons (Fsp3) is 0.182. The Morgan fingerprint density at radius 1 is 1.16 bits per heavy atom. The minimum atomic E-state index is -3.88. The first kappa shape index (κ1) is 23.5. The van der Waals surface area contributed by atoms with E-state index in [1.54, 1.807) is 18.2 Å². The maximum absolute atomic E-state index is 13.2. The Morgan fingerprint density at radius 2 is 1.91 bits per heavy atom. The largest absolute Gasteiger partial charge is 0.474 e. The second kappa shape index (κ2) is 10.4. The molecule has 1 aliphatic rings. The van der Waals surface area contributed by atoms with Crippen LogP contribution in [0.1, 0.15) is 5.56 Å². The average Bonchev–Trinajstić information content (AvgIpc) is 2.80. The average molecular weight is 476 g/mol. The lowest BCUT2D eigenvalue weighted by molar-refractivity contribution is -0.115. The highest BCUT2D eigenvalue weighted by Gasteiger charge is 2.31. The summed E-state index contributed by atoms with van der Waals surface area (Å²) in [6.07, 6.45) is 1.64. The van der Waals surface area contributed by atoms with Crippen molar-refractivity contribution in [1.82, 2.24) is 4.98 Å². The molecule has 0 bridgehead atoms. The topological polar surface area (TPSA) is 109 Å². The Bertz CT molecular complexity index is 1190. The number of hydrogen-bond acceptors (Lipinski definition) is 6. The number of ether oxygens (including phenoxy) is 1. The molecule has 0 saturated heterocycles. The van der Waals surface area contributed by atoms with Gasteiger partial charge in [-0.15, -0.1) is 0 Å². The van der Waals surface area contributed by atoms with Crippen LogP contribution in [0.2, 0.25) is 5.02 Å². The molecule has 0 unspecified atom stereocenters. The van der Waals surface area contributed by atoms with E-state index in [1.165, 1.54) is 22.6 Å². The molecule has 32 heavy (non-hydrogen) atoms. The van der Waals surface area contributed by atoms with Crippen LogP contribution < -0.4 is 14.4 Å². The third-order valence-corrected chi connectivity index (χ3v) is 6.55. The van der Waals surface area contributed by atoms with Crippen LogP contribution in [0.3, 0.4) is 0 Å². The van der Waals surface area contributed by atoms with Crippen LogP contribution in [0.15, 0.2) is 71.8 Å². The predicted molar refractivity (Wildman–Crippen MR) is 123 cm³/mol. The highest BCUT2D eigenvalue weighted by molar-refractivity contribution is 7.92. The number of nitrogens with zero attached hydrogens (tertiary/aromatic N) is 2. The lowest BCUT2D eigenvalue weighted by Gasteiger charge is -2.30. The molecule has 1 aliphatic heterocycles. The van der Waals surface area contributed by atoms with Crippen LogP contribution >= 0.6 is 11.6 Å². The molecule has 3 aromatic rings. The Morgan fingerprint density at radius 3 is 2.62 bits per heavy atom. The van der Waals surface area contributed by atoms with Gasteiger partial charge < -0.3 is 15.2 Å². The number of aromatic nitrogens is 1. The number of anilines is 2. The van der Waals surface area contributed by atoms with Gasteiger partial charge in [0.25, 0.3) is 10.0 Å². The number of hydrogen-bond donors (Lipinski definition) is 2. The second-order valence-corrected chi connectivity index (χ2v) is 8.94. The molecule has 10 heteroatoms. The Balaban J connectivity index is 0.00000141. The van der Waals surface area contributed by atoms with Gasteiger partial charge in [-0.3, -0.25) is 9.10 Å². The summed E-state index contributed by atoms with van der Waals surface area (Å²) in [5.74, 6) is -0.0446. The van der Waals surface area contributed by atoms with Crippen LogP contribution in [0.5, 0.6) is 5.88 Å². The lowest BCUT2D eigenvalue weighted by atomic mass is 10.1. The molecule has 4 rings (SSSR count). The van der Waals surface area contributed by atoms with E-state index in [0.717, 1.165) is 12.7 Å². The van der Waals surface area contributed by atoms with Crippen molar-refractivity contribution in [3.8, 4) is 5.88 Å². The zero-order valence-electron chi connectivity index (χ0n) is 17.2. The van der Waals surface area contributed by atoms with Crippen molar-refractivity contribution in [2.75, 3.05) is 29.9 Å². The molecule has 0 fully saturated rings. The zero-order chi connectivity index (χ0) is 23.1. The lowest BCUT2D eigenvalue weighted by Crippen LogP contribution is -2.38. The highest BCUT2D eigenvalue weighted by atomic mass is 35.5. The third-order valence-electron chi connectivity index (χ3n) is 4.51. The summed E-state index contributed by atoms with van der Waals surface area (Å²) < 4.78 is 33.1. The molecule has 0 aliphatic carbocycles. The fourth-order valence-corrected chi connectivity index (χ4v) is 4.88. The summed E-state index contributed by atoms with van der Waals surface area (Å²) in [7, 11) is -2.88. The highest BCUT2D eigenvalue weighted by Crippen LogP contribution is 2.35. The number of halogens is 1. The standard InChI is InChI=1S/C21H18ClN3O4S.CH4O/c22-16-7-4-8-18(12-16)30(27,28)25-9-10-29-21-19(25)13-17(14-23-21)24-20(26)11-15-5-2-1-3-6-15;1-2/h1-8,12-14H,9-11H2,(H,24,26);2H,1H3. The normalized spacial score (nSPS) is 12.7. The van der Waals surface area contributed by atoms with Crippen molar-refractivity contribution in [2.45, 2.75) is 11.3 Å². The number of carbonyl (C=O) groups excluding carboxylic acids is 1. The first-order valence-electron chi connectivity index (χ1n) is 9.63. The van der Waals surface area contributed by atoms with Gasteiger partial charge in [0.1, 0.15) is 12.3 Å². The molecule has 8 nitrogen and oxygen atoms in total. The molecule has 0 saturated carbocycles. The molecule has 2 aromatic carbocycles. The molecule has 2 N–H and O–H groups in total. The van der Waals surface area contributed by atoms with Gasteiger partial charge in [-0.1, -0.05) is 48.0 Å². The van der Waals surface area contributed by atoms with Crippen molar-refractivity contribution in [2.24, 2.45) is 0 Å². The third kappa shape index (κ3) is 5.37. The minimum absolute atomic E-state index is 0.0707. The van der Waals surface area contributed by atoms with Crippen LogP contribution in [0, 0.1) is 0 Å². The van der Waals surface area contributed by atoms with Crippen molar-refractivity contribution < 1.29 is 23.1 Å². The summed E-state index contributed by atoms with van der Waals surface area (Å²) in [6.45, 7) is 0.282. The quantitative estimate of drug-likeness (QED) is 0.587. The molecule has 0 atom stereocenters. The number of carbonyl (C=O) groups is 1. The van der Waals surface area contributed by atoms with E-state index in [-0.39, 0.29) is 41.9 Å². The van der Waals surface area contributed by atoms with E-state index >= 15 is 0 Å². The first-order valence-corrected chi connectivity index (χ1v) is 11.4. The van der Waals surface area contributed by atoms with Gasteiger partial charge in [0, 0.05) is 12.1 Å². The molecule has 1 amide bonds. The first-order chi connectivity index (χ1) is 15.4. The molecule has 0 radical (unpaired) electrons. The van der Waals surface area contributed by atoms with Crippen molar-refractivity contribution >= 4 is 38.9 Å². The number of rotatable bonds is 5. The number of aliphatic hydroxyl groups is 1. The molecular weight excluding hydrogens is 454 g/mol. The summed E-state index contributed by atoms with van der Waals surface area (Å²) in [5.41, 5.74) is 1.51. The number of aliphatic hydroxyl groups excluding tert-OH is 1. The summed E-state index contributed by atoms with van der Waals surface area (Å²) >= 11 is 5.97. The number of nitrogens with one attached hydrogen (secondary N) is 1. The Kier molecular flexibility index (Phi) is 7.68. The van der Waals surface area contributed by atoms with E-state index in [1.807, 2.05) is 30.3 Å². The molecule has 0 spiro atoms. The maximum Gasteiger partial charge on any atom is 0.264 e. The molecule has 168 valence electrons. The molecule has 1 aromatic heterocycles.